The Morgan fingerprint density at radius 1 is 1.15 bits per heavy atom. The van der Waals surface area contributed by atoms with E-state index in [1.807, 2.05) is 18.7 Å². The van der Waals surface area contributed by atoms with Crippen molar-refractivity contribution in [2.24, 2.45) is 0 Å². The van der Waals surface area contributed by atoms with Gasteiger partial charge in [0, 0.05) is 44.3 Å². The van der Waals surface area contributed by atoms with E-state index in [9.17, 15) is 9.59 Å². The first-order chi connectivity index (χ1) is 12.5. The van der Waals surface area contributed by atoms with E-state index in [-0.39, 0.29) is 11.7 Å². The second-order valence-electron chi connectivity index (χ2n) is 6.51. The van der Waals surface area contributed by atoms with Crippen molar-refractivity contribution in [3.63, 3.8) is 0 Å². The number of piperazine rings is 1. The van der Waals surface area contributed by atoms with Crippen LogP contribution in [0.4, 0.5) is 0 Å². The maximum absolute atomic E-state index is 12.2. The summed E-state index contributed by atoms with van der Waals surface area (Å²) < 4.78 is 6.89. The number of amides is 1. The lowest BCUT2D eigenvalue weighted by molar-refractivity contribution is -0.132. The molecule has 142 valence electrons. The van der Waals surface area contributed by atoms with Gasteiger partial charge in [-0.15, -0.1) is 0 Å². The third kappa shape index (κ3) is 4.11. The minimum atomic E-state index is -0.374. The lowest BCUT2D eigenvalue weighted by Gasteiger charge is -2.35. The van der Waals surface area contributed by atoms with Gasteiger partial charge in [0.15, 0.2) is 5.58 Å². The molecular formula is C18H25ClN4O3. The number of likely N-dealkylation sites (N-methyl/N-ethyl adjacent to an activating group) is 1. The van der Waals surface area contributed by atoms with Gasteiger partial charge in [-0.2, -0.15) is 0 Å². The van der Waals surface area contributed by atoms with Crippen LogP contribution in [0.2, 0.25) is 5.02 Å². The van der Waals surface area contributed by atoms with E-state index >= 15 is 0 Å². The molecule has 0 unspecified atom stereocenters. The summed E-state index contributed by atoms with van der Waals surface area (Å²) in [5.74, 6) is -0.198. The molecule has 0 radical (unpaired) electrons. The van der Waals surface area contributed by atoms with E-state index in [0.29, 0.717) is 29.3 Å². The van der Waals surface area contributed by atoms with Crippen LogP contribution in [0.15, 0.2) is 27.4 Å². The average molecular weight is 381 g/mol. The molecule has 0 aliphatic carbocycles. The third-order valence-corrected chi connectivity index (χ3v) is 5.15. The predicted octanol–water partition coefficient (Wildman–Crippen LogP) is 1.69. The Bertz CT molecular complexity index is 819. The first kappa shape index (κ1) is 18.9. The fraction of sp³-hybridized carbons (Fsp3) is 0.556. The standard InChI is InChI=1S/C18H25ClN4O3/c1-3-22(4-2)17(24)12-20-7-9-21(10-8-20)13-23-15-11-14(19)5-6-16(15)26-18(23)25/h5-6,11H,3-4,7-10,12-13H2,1-2H3. The number of aromatic nitrogens is 1. The first-order valence-electron chi connectivity index (χ1n) is 9.03. The van der Waals surface area contributed by atoms with Crippen LogP contribution in [-0.4, -0.2) is 71.0 Å². The summed E-state index contributed by atoms with van der Waals surface area (Å²) in [7, 11) is 0. The van der Waals surface area contributed by atoms with Crippen molar-refractivity contribution in [3.05, 3.63) is 33.8 Å². The van der Waals surface area contributed by atoms with Crippen molar-refractivity contribution in [3.8, 4) is 0 Å². The maximum Gasteiger partial charge on any atom is 0.421 e. The van der Waals surface area contributed by atoms with Crippen molar-refractivity contribution in [2.75, 3.05) is 45.8 Å². The van der Waals surface area contributed by atoms with E-state index in [1.165, 1.54) is 0 Å². The monoisotopic (exact) mass is 380 g/mol. The van der Waals surface area contributed by atoms with Gasteiger partial charge in [-0.05, 0) is 32.0 Å². The number of carbonyl (C=O) groups is 1. The number of rotatable bonds is 6. The largest absolute Gasteiger partial charge is 0.421 e. The zero-order valence-corrected chi connectivity index (χ0v) is 16.0. The molecule has 1 aromatic carbocycles. The van der Waals surface area contributed by atoms with Gasteiger partial charge in [0.1, 0.15) is 0 Å². The van der Waals surface area contributed by atoms with Crippen LogP contribution in [0.25, 0.3) is 11.1 Å². The molecule has 1 aliphatic rings. The summed E-state index contributed by atoms with van der Waals surface area (Å²) >= 11 is 6.05. The lowest BCUT2D eigenvalue weighted by Crippen LogP contribution is -2.50. The molecule has 26 heavy (non-hydrogen) atoms. The highest BCUT2D eigenvalue weighted by Gasteiger charge is 2.22. The summed E-state index contributed by atoms with van der Waals surface area (Å²) in [6.07, 6.45) is 0. The zero-order valence-electron chi connectivity index (χ0n) is 15.3. The highest BCUT2D eigenvalue weighted by molar-refractivity contribution is 6.31. The minimum absolute atomic E-state index is 0.176. The van der Waals surface area contributed by atoms with E-state index in [2.05, 4.69) is 9.80 Å². The van der Waals surface area contributed by atoms with Crippen molar-refractivity contribution >= 4 is 28.6 Å². The second kappa shape index (κ2) is 8.24. The second-order valence-corrected chi connectivity index (χ2v) is 6.95. The van der Waals surface area contributed by atoms with Gasteiger partial charge in [-0.25, -0.2) is 4.79 Å². The zero-order chi connectivity index (χ0) is 18.7. The topological polar surface area (TPSA) is 61.9 Å². The van der Waals surface area contributed by atoms with Crippen LogP contribution in [0.1, 0.15) is 13.8 Å². The van der Waals surface area contributed by atoms with Crippen molar-refractivity contribution in [2.45, 2.75) is 20.5 Å². The van der Waals surface area contributed by atoms with Crippen molar-refractivity contribution in [1.82, 2.24) is 19.3 Å². The number of nitrogens with zero attached hydrogens (tertiary/aromatic N) is 4. The number of fused-ring (bicyclic) bond motifs is 1. The fourth-order valence-electron chi connectivity index (χ4n) is 3.33. The summed E-state index contributed by atoms with van der Waals surface area (Å²) in [4.78, 5) is 30.6. The summed E-state index contributed by atoms with van der Waals surface area (Å²) in [6.45, 7) is 9.61. The minimum Gasteiger partial charge on any atom is -0.408 e. The molecule has 2 aromatic rings. The van der Waals surface area contributed by atoms with Crippen LogP contribution < -0.4 is 5.76 Å². The molecule has 0 atom stereocenters. The number of hydrogen-bond acceptors (Lipinski definition) is 5. The molecule has 0 bridgehead atoms. The van der Waals surface area contributed by atoms with E-state index in [0.717, 1.165) is 39.3 Å². The fourth-order valence-corrected chi connectivity index (χ4v) is 3.49. The molecule has 1 amide bonds. The van der Waals surface area contributed by atoms with Crippen LogP contribution in [0, 0.1) is 0 Å². The van der Waals surface area contributed by atoms with Crippen LogP contribution in [0.5, 0.6) is 0 Å². The number of carbonyl (C=O) groups excluding carboxylic acids is 1. The molecule has 1 aromatic heterocycles. The lowest BCUT2D eigenvalue weighted by atomic mass is 10.3. The maximum atomic E-state index is 12.2. The van der Waals surface area contributed by atoms with Crippen molar-refractivity contribution < 1.29 is 9.21 Å². The number of benzene rings is 1. The Hall–Kier alpha value is -1.83. The van der Waals surface area contributed by atoms with Gasteiger partial charge < -0.3 is 9.32 Å². The van der Waals surface area contributed by atoms with Gasteiger partial charge in [-0.3, -0.25) is 19.2 Å². The van der Waals surface area contributed by atoms with Gasteiger partial charge in [0.25, 0.3) is 0 Å². The molecule has 3 rings (SSSR count). The van der Waals surface area contributed by atoms with Crippen LogP contribution in [-0.2, 0) is 11.5 Å². The van der Waals surface area contributed by atoms with E-state index in [1.54, 1.807) is 22.8 Å². The molecule has 1 fully saturated rings. The Morgan fingerprint density at radius 2 is 1.81 bits per heavy atom. The molecular weight excluding hydrogens is 356 g/mol. The molecule has 8 heteroatoms. The Balaban J connectivity index is 1.60. The molecule has 1 saturated heterocycles. The van der Waals surface area contributed by atoms with Crippen molar-refractivity contribution in [1.29, 1.82) is 0 Å². The van der Waals surface area contributed by atoms with Gasteiger partial charge in [0.2, 0.25) is 5.91 Å². The SMILES string of the molecule is CCN(CC)C(=O)CN1CCN(Cn2c(=O)oc3ccc(Cl)cc32)CC1. The Labute approximate surface area is 157 Å². The predicted molar refractivity (Wildman–Crippen MR) is 101 cm³/mol. The van der Waals surface area contributed by atoms with Gasteiger partial charge in [0.05, 0.1) is 18.7 Å². The normalized spacial score (nSPS) is 16.3. The molecule has 0 N–H and O–H groups in total. The molecule has 2 heterocycles. The number of hydrogen-bond donors (Lipinski definition) is 0. The Morgan fingerprint density at radius 3 is 2.46 bits per heavy atom. The highest BCUT2D eigenvalue weighted by atomic mass is 35.5. The third-order valence-electron chi connectivity index (χ3n) is 4.91. The highest BCUT2D eigenvalue weighted by Crippen LogP contribution is 2.19. The van der Waals surface area contributed by atoms with Gasteiger partial charge in [-0.1, -0.05) is 11.6 Å². The van der Waals surface area contributed by atoms with Gasteiger partial charge >= 0.3 is 5.76 Å². The molecule has 7 nitrogen and oxygen atoms in total. The summed E-state index contributed by atoms with van der Waals surface area (Å²) in [5.41, 5.74) is 1.25. The van der Waals surface area contributed by atoms with Crippen LogP contribution >= 0.6 is 11.6 Å². The average Bonchev–Trinajstić information content (AvgIpc) is 2.93. The molecule has 0 saturated carbocycles. The summed E-state index contributed by atoms with van der Waals surface area (Å²) in [6, 6.07) is 5.18. The summed E-state index contributed by atoms with van der Waals surface area (Å²) in [5, 5.41) is 0.576. The molecule has 1 aliphatic heterocycles. The number of oxazole rings is 1. The van der Waals surface area contributed by atoms with E-state index < -0.39 is 0 Å². The van der Waals surface area contributed by atoms with Crippen LogP contribution in [0.3, 0.4) is 0 Å². The smallest absolute Gasteiger partial charge is 0.408 e. The molecule has 0 spiro atoms. The quantitative estimate of drug-likeness (QED) is 0.763. The van der Waals surface area contributed by atoms with E-state index in [4.69, 9.17) is 16.0 Å². The Kier molecular flexibility index (Phi) is 6.01. The first-order valence-corrected chi connectivity index (χ1v) is 9.41. The number of halogens is 1.